The van der Waals surface area contributed by atoms with E-state index >= 15 is 0 Å². The first-order chi connectivity index (χ1) is 16.7. The first-order valence-corrected chi connectivity index (χ1v) is 12.7. The molecule has 0 radical (unpaired) electrons. The van der Waals surface area contributed by atoms with Gasteiger partial charge in [-0.15, -0.1) is 0 Å². The SMILES string of the molecule is C=C1CCC2C(C)(C(=O)OC)CCCC2(C)C1CCc1ccoc1COC(=O)c1ccc(C)cc1. The standard InChI is InChI=1S/C30H38O5/c1-20-7-10-23(11-8-20)27(31)35-19-25-22(15-18-34-25)12-13-24-21(2)9-14-26-29(24,3)16-6-17-30(26,4)28(32)33-5/h7-8,10-11,15,18,24,26H,2,6,9,12-14,16-17,19H2,1,3-5H3. The van der Waals surface area contributed by atoms with E-state index in [2.05, 4.69) is 20.4 Å². The Balaban J connectivity index is 1.44. The van der Waals surface area contributed by atoms with Gasteiger partial charge in [0.15, 0.2) is 0 Å². The molecule has 0 N–H and O–H groups in total. The van der Waals surface area contributed by atoms with Gasteiger partial charge in [-0.3, -0.25) is 4.79 Å². The molecule has 4 unspecified atom stereocenters. The average Bonchev–Trinajstić information content (AvgIpc) is 3.29. The molecule has 2 saturated carbocycles. The number of allylic oxidation sites excluding steroid dienone is 1. The Morgan fingerprint density at radius 1 is 1.14 bits per heavy atom. The summed E-state index contributed by atoms with van der Waals surface area (Å²) in [6, 6.07) is 9.32. The van der Waals surface area contributed by atoms with Gasteiger partial charge in [-0.1, -0.05) is 43.2 Å². The van der Waals surface area contributed by atoms with E-state index in [9.17, 15) is 9.59 Å². The number of carbonyl (C=O) groups is 2. The van der Waals surface area contributed by atoms with Crippen LogP contribution in [0.15, 0.2) is 53.2 Å². The van der Waals surface area contributed by atoms with Crippen LogP contribution in [0.1, 0.15) is 79.6 Å². The Hall–Kier alpha value is -2.82. The number of rotatable bonds is 7. The van der Waals surface area contributed by atoms with Crippen molar-refractivity contribution in [1.29, 1.82) is 0 Å². The number of furan rings is 1. The van der Waals surface area contributed by atoms with Crippen LogP contribution in [0.2, 0.25) is 0 Å². The number of benzene rings is 1. The lowest BCUT2D eigenvalue weighted by Crippen LogP contribution is -2.53. The monoisotopic (exact) mass is 478 g/mol. The molecule has 35 heavy (non-hydrogen) atoms. The number of hydrogen-bond donors (Lipinski definition) is 0. The van der Waals surface area contributed by atoms with E-state index in [0.717, 1.165) is 56.1 Å². The molecule has 1 aromatic heterocycles. The summed E-state index contributed by atoms with van der Waals surface area (Å²) in [5, 5.41) is 0. The molecular weight excluding hydrogens is 440 g/mol. The van der Waals surface area contributed by atoms with Gasteiger partial charge in [-0.2, -0.15) is 0 Å². The molecule has 0 amide bonds. The minimum atomic E-state index is -0.439. The molecule has 1 heterocycles. The highest BCUT2D eigenvalue weighted by Crippen LogP contribution is 2.62. The largest absolute Gasteiger partial charge is 0.469 e. The van der Waals surface area contributed by atoms with E-state index in [1.807, 2.05) is 25.1 Å². The maximum Gasteiger partial charge on any atom is 0.338 e. The van der Waals surface area contributed by atoms with Crippen molar-refractivity contribution in [3.05, 3.63) is 71.2 Å². The quantitative estimate of drug-likeness (QED) is 0.322. The third-order valence-electron chi connectivity index (χ3n) is 8.83. The highest BCUT2D eigenvalue weighted by molar-refractivity contribution is 5.89. The zero-order valence-electron chi connectivity index (χ0n) is 21.5. The van der Waals surface area contributed by atoms with Crippen LogP contribution in [0.3, 0.4) is 0 Å². The van der Waals surface area contributed by atoms with Crippen LogP contribution in [0.25, 0.3) is 0 Å². The van der Waals surface area contributed by atoms with Gasteiger partial charge in [0.2, 0.25) is 0 Å². The highest BCUT2D eigenvalue weighted by Gasteiger charge is 2.57. The fourth-order valence-electron chi connectivity index (χ4n) is 6.88. The van der Waals surface area contributed by atoms with E-state index < -0.39 is 5.41 Å². The molecule has 4 atom stereocenters. The number of carbonyl (C=O) groups excluding carboxylic acids is 2. The topological polar surface area (TPSA) is 65.7 Å². The molecule has 2 aromatic rings. The first kappa shape index (κ1) is 25.3. The lowest BCUT2D eigenvalue weighted by Gasteiger charge is -2.57. The summed E-state index contributed by atoms with van der Waals surface area (Å²) < 4.78 is 16.5. The minimum absolute atomic E-state index is 0.0122. The fourth-order valence-corrected chi connectivity index (χ4v) is 6.88. The summed E-state index contributed by atoms with van der Waals surface area (Å²) in [5.74, 6) is 0.867. The van der Waals surface area contributed by atoms with Gasteiger partial charge < -0.3 is 13.9 Å². The number of fused-ring (bicyclic) bond motifs is 1. The van der Waals surface area contributed by atoms with E-state index in [1.54, 1.807) is 18.4 Å². The predicted octanol–water partition coefficient (Wildman–Crippen LogP) is 6.83. The van der Waals surface area contributed by atoms with Gasteiger partial charge in [-0.05, 0) is 93.4 Å². The maximum atomic E-state index is 12.8. The predicted molar refractivity (Wildman–Crippen MR) is 135 cm³/mol. The summed E-state index contributed by atoms with van der Waals surface area (Å²) in [5.41, 5.74) is 3.55. The lowest BCUT2D eigenvalue weighted by atomic mass is 9.46. The van der Waals surface area contributed by atoms with Crippen LogP contribution in [-0.2, 0) is 27.3 Å². The van der Waals surface area contributed by atoms with Crippen LogP contribution in [0, 0.1) is 29.6 Å². The zero-order chi connectivity index (χ0) is 25.2. The summed E-state index contributed by atoms with van der Waals surface area (Å²) in [6.07, 6.45) is 8.36. The molecule has 0 aliphatic heterocycles. The Morgan fingerprint density at radius 3 is 2.60 bits per heavy atom. The Bertz CT molecular complexity index is 1080. The molecule has 0 saturated heterocycles. The Labute approximate surface area is 208 Å². The van der Waals surface area contributed by atoms with Crippen molar-refractivity contribution < 1.29 is 23.5 Å². The average molecular weight is 479 g/mol. The number of esters is 2. The van der Waals surface area contributed by atoms with E-state index in [0.29, 0.717) is 17.2 Å². The normalized spacial score (nSPS) is 28.3. The summed E-state index contributed by atoms with van der Waals surface area (Å²) >= 11 is 0. The summed E-state index contributed by atoms with van der Waals surface area (Å²) in [6.45, 7) is 11.0. The third-order valence-corrected chi connectivity index (χ3v) is 8.83. The molecular formula is C30H38O5. The second-order valence-electron chi connectivity index (χ2n) is 10.9. The molecule has 0 bridgehead atoms. The summed E-state index contributed by atoms with van der Waals surface area (Å²) in [4.78, 5) is 25.2. The number of ether oxygens (including phenoxy) is 2. The molecule has 2 aliphatic carbocycles. The van der Waals surface area contributed by atoms with Gasteiger partial charge in [0, 0.05) is 0 Å². The van der Waals surface area contributed by atoms with Crippen LogP contribution in [0.4, 0.5) is 0 Å². The second-order valence-corrected chi connectivity index (χ2v) is 10.9. The van der Waals surface area contributed by atoms with Crippen LogP contribution < -0.4 is 0 Å². The molecule has 188 valence electrons. The molecule has 0 spiro atoms. The molecule has 5 nitrogen and oxygen atoms in total. The van der Waals surface area contributed by atoms with Gasteiger partial charge in [0.25, 0.3) is 0 Å². The van der Waals surface area contributed by atoms with Crippen LogP contribution in [0.5, 0.6) is 0 Å². The highest BCUT2D eigenvalue weighted by atomic mass is 16.5. The molecule has 1 aromatic carbocycles. The smallest absolute Gasteiger partial charge is 0.338 e. The second kappa shape index (κ2) is 10.0. The maximum absolute atomic E-state index is 12.8. The van der Waals surface area contributed by atoms with E-state index in [-0.39, 0.29) is 29.9 Å². The van der Waals surface area contributed by atoms with Crippen molar-refractivity contribution in [2.75, 3.05) is 7.11 Å². The minimum Gasteiger partial charge on any atom is -0.469 e. The van der Waals surface area contributed by atoms with E-state index in [4.69, 9.17) is 13.9 Å². The zero-order valence-corrected chi connectivity index (χ0v) is 21.5. The number of hydrogen-bond acceptors (Lipinski definition) is 5. The third kappa shape index (κ3) is 4.82. The van der Waals surface area contributed by atoms with Gasteiger partial charge in [-0.25, -0.2) is 4.79 Å². The molecule has 4 rings (SSSR count). The summed E-state index contributed by atoms with van der Waals surface area (Å²) in [7, 11) is 1.50. The fraction of sp³-hybridized carbons (Fsp3) is 0.533. The Kier molecular flexibility index (Phi) is 7.25. The van der Waals surface area contributed by atoms with Crippen molar-refractivity contribution >= 4 is 11.9 Å². The van der Waals surface area contributed by atoms with Crippen LogP contribution >= 0.6 is 0 Å². The van der Waals surface area contributed by atoms with Crippen molar-refractivity contribution in [3.63, 3.8) is 0 Å². The first-order valence-electron chi connectivity index (χ1n) is 12.7. The molecule has 5 heteroatoms. The lowest BCUT2D eigenvalue weighted by molar-refractivity contribution is -0.168. The molecule has 2 aliphatic rings. The van der Waals surface area contributed by atoms with Crippen molar-refractivity contribution in [3.8, 4) is 0 Å². The van der Waals surface area contributed by atoms with Gasteiger partial charge >= 0.3 is 11.9 Å². The van der Waals surface area contributed by atoms with Crippen molar-refractivity contribution in [2.45, 2.75) is 72.3 Å². The van der Waals surface area contributed by atoms with Gasteiger partial charge in [0.05, 0.1) is 24.4 Å². The van der Waals surface area contributed by atoms with Crippen molar-refractivity contribution in [1.82, 2.24) is 0 Å². The number of methoxy groups -OCH3 is 1. The van der Waals surface area contributed by atoms with Crippen molar-refractivity contribution in [2.24, 2.45) is 22.7 Å². The Morgan fingerprint density at radius 2 is 1.89 bits per heavy atom. The van der Waals surface area contributed by atoms with Crippen LogP contribution in [-0.4, -0.2) is 19.0 Å². The number of aryl methyl sites for hydroxylation is 2. The van der Waals surface area contributed by atoms with E-state index in [1.165, 1.54) is 12.7 Å². The van der Waals surface area contributed by atoms with Gasteiger partial charge in [0.1, 0.15) is 12.4 Å². The molecule has 2 fully saturated rings.